The molecule has 3 N–H and O–H groups in total. The summed E-state index contributed by atoms with van der Waals surface area (Å²) in [5.74, 6) is 3.40. The molecule has 0 fully saturated rings. The molecular formula is C47H61N11O4S4. The summed E-state index contributed by atoms with van der Waals surface area (Å²) in [6.45, 7) is 21.6. The number of nitrogens with zero attached hydrogens (tertiary/aromatic N) is 8. The van der Waals surface area contributed by atoms with Crippen LogP contribution in [0.2, 0.25) is 0 Å². The summed E-state index contributed by atoms with van der Waals surface area (Å²) < 4.78 is 22.7. The van der Waals surface area contributed by atoms with Gasteiger partial charge < -0.3 is 27.7 Å². The lowest BCUT2D eigenvalue weighted by atomic mass is 10.5. The first-order valence-electron chi connectivity index (χ1n) is 20.0. The second-order valence-electron chi connectivity index (χ2n) is 12.8. The molecule has 11 aromatic rings. The van der Waals surface area contributed by atoms with E-state index >= 15 is 0 Å². The first-order chi connectivity index (χ1) is 31.8. The Balaban J connectivity index is 0.000000363. The number of nitrogens with one attached hydrogen (secondary N) is 3. The minimum atomic E-state index is 0.718. The van der Waals surface area contributed by atoms with Crippen molar-refractivity contribution in [2.24, 2.45) is 0 Å². The molecule has 352 valence electrons. The number of thiophene rings is 1. The van der Waals surface area contributed by atoms with Gasteiger partial charge in [-0.3, -0.25) is 15.1 Å². The fourth-order valence-electron chi connectivity index (χ4n) is 3.50. The zero-order chi connectivity index (χ0) is 48.5. The molecule has 11 heterocycles. The molecule has 0 amide bonds. The van der Waals surface area contributed by atoms with Gasteiger partial charge >= 0.3 is 0 Å². The third-order valence-corrected chi connectivity index (χ3v) is 9.57. The van der Waals surface area contributed by atoms with Crippen molar-refractivity contribution in [1.29, 1.82) is 0 Å². The first kappa shape index (κ1) is 57.2. The van der Waals surface area contributed by atoms with Crippen molar-refractivity contribution in [3.63, 3.8) is 0 Å². The Kier molecular flexibility index (Phi) is 33.5. The van der Waals surface area contributed by atoms with Gasteiger partial charge in [-0.1, -0.05) is 11.2 Å². The standard InChI is InChI=1S/C5H7N.C5H6O.C5H6S.2C4H6N2.3C4H5NO.3C4H5NS/c3*1-5-3-2-4-6-5;1-4-2-5-3-6-4;1-4-2-3-5-6-4;1-4-2-5-3-6-4;1-4-5-2-3-6-4;1-4-2-3-5-6-4;1-4-2-5-3-6-4;1-4-5-2-3-6-4;1-4-2-3-5-6-4/h2-4,6H,1H3;2*2-4H,1H3;2*2-3H,1H3,(H,5,6);6*2-3H,1H3. The summed E-state index contributed by atoms with van der Waals surface area (Å²) in [6.07, 6.45) is 22.1. The van der Waals surface area contributed by atoms with Gasteiger partial charge in [-0.2, -0.15) is 5.10 Å². The molecule has 0 bridgehead atoms. The van der Waals surface area contributed by atoms with Crippen molar-refractivity contribution in [1.82, 2.24) is 54.6 Å². The Morgan fingerprint density at radius 1 is 0.515 bits per heavy atom. The Labute approximate surface area is 403 Å². The van der Waals surface area contributed by atoms with Gasteiger partial charge in [0.1, 0.15) is 23.5 Å². The Bertz CT molecular complexity index is 1840. The molecule has 0 aliphatic heterocycles. The maximum Gasteiger partial charge on any atom is 0.190 e. The van der Waals surface area contributed by atoms with E-state index in [0.717, 1.165) is 39.6 Å². The van der Waals surface area contributed by atoms with E-state index < -0.39 is 0 Å². The van der Waals surface area contributed by atoms with Gasteiger partial charge in [-0.05, 0) is 129 Å². The Morgan fingerprint density at radius 3 is 1.52 bits per heavy atom. The van der Waals surface area contributed by atoms with E-state index in [1.54, 1.807) is 109 Å². The average Bonchev–Trinajstić information content (AvgIpc) is 4.13. The summed E-state index contributed by atoms with van der Waals surface area (Å²) in [7, 11) is 0. The van der Waals surface area contributed by atoms with Crippen LogP contribution in [-0.2, 0) is 0 Å². The number of imidazole rings is 1. The van der Waals surface area contributed by atoms with Gasteiger partial charge in [0, 0.05) is 87.3 Å². The fourth-order valence-corrected chi connectivity index (χ4v) is 5.29. The van der Waals surface area contributed by atoms with Gasteiger partial charge in [0.2, 0.25) is 0 Å². The van der Waals surface area contributed by atoms with E-state index in [2.05, 4.69) is 83.6 Å². The van der Waals surface area contributed by atoms with Crippen molar-refractivity contribution in [3.8, 4) is 0 Å². The second kappa shape index (κ2) is 38.6. The van der Waals surface area contributed by atoms with Crippen molar-refractivity contribution in [3.05, 3.63) is 212 Å². The molecule has 0 radical (unpaired) electrons. The van der Waals surface area contributed by atoms with Crippen molar-refractivity contribution in [2.45, 2.75) is 76.2 Å². The summed E-state index contributed by atoms with van der Waals surface area (Å²) in [4.78, 5) is 28.8. The molecule has 0 aliphatic carbocycles. The van der Waals surface area contributed by atoms with Gasteiger partial charge in [0.15, 0.2) is 12.3 Å². The molecule has 0 spiro atoms. The number of oxazole rings is 2. The molecular weight excluding hydrogens is 911 g/mol. The van der Waals surface area contributed by atoms with Crippen LogP contribution in [0.15, 0.2) is 170 Å². The molecule has 15 nitrogen and oxygen atoms in total. The molecule has 0 unspecified atom stereocenters. The number of hydrogen-bond acceptors (Lipinski definition) is 16. The maximum absolute atomic E-state index is 4.83. The van der Waals surface area contributed by atoms with E-state index in [1.165, 1.54) is 38.3 Å². The Morgan fingerprint density at radius 2 is 1.35 bits per heavy atom. The minimum absolute atomic E-state index is 0.718. The minimum Gasteiger partial charge on any atom is -0.470 e. The summed E-state index contributed by atoms with van der Waals surface area (Å²) >= 11 is 6.64. The molecule has 0 aromatic carbocycles. The summed E-state index contributed by atoms with van der Waals surface area (Å²) in [5, 5.41) is 15.1. The molecule has 66 heavy (non-hydrogen) atoms. The van der Waals surface area contributed by atoms with Crippen LogP contribution in [0.3, 0.4) is 0 Å². The molecule has 0 atom stereocenters. The highest BCUT2D eigenvalue weighted by atomic mass is 32.1. The average molecular weight is 972 g/mol. The lowest BCUT2D eigenvalue weighted by molar-refractivity contribution is 0.397. The van der Waals surface area contributed by atoms with Gasteiger partial charge in [-0.15, -0.1) is 34.0 Å². The largest absolute Gasteiger partial charge is 0.470 e. The zero-order valence-electron chi connectivity index (χ0n) is 39.3. The SMILES string of the molecule is Cc1ccc[nH]1.Cc1ccco1.Cc1cccs1.Cc1ccn[nH]1.Cc1ccno1.Cc1ccns1.Cc1cnc[nH]1.Cc1cnco1.Cc1cncs1.Cc1ncco1.Cc1nccs1. The van der Waals surface area contributed by atoms with Crippen LogP contribution in [0.1, 0.15) is 59.9 Å². The third kappa shape index (κ3) is 36.7. The summed E-state index contributed by atoms with van der Waals surface area (Å²) in [5.41, 5.74) is 5.26. The number of rotatable bonds is 0. The summed E-state index contributed by atoms with van der Waals surface area (Å²) in [6, 6.07) is 17.7. The highest BCUT2D eigenvalue weighted by Gasteiger charge is 1.81. The predicted octanol–water partition coefficient (Wildman–Crippen LogP) is 13.7. The van der Waals surface area contributed by atoms with E-state index in [-0.39, 0.29) is 0 Å². The van der Waals surface area contributed by atoms with Crippen LogP contribution in [0.5, 0.6) is 0 Å². The van der Waals surface area contributed by atoms with Gasteiger partial charge in [0.05, 0.1) is 41.7 Å². The number of furan rings is 1. The highest BCUT2D eigenvalue weighted by molar-refractivity contribution is 7.10. The van der Waals surface area contributed by atoms with E-state index in [1.807, 2.05) is 122 Å². The fraction of sp³-hybridized carbons (Fsp3) is 0.234. The van der Waals surface area contributed by atoms with Crippen LogP contribution in [0.4, 0.5) is 0 Å². The molecule has 0 saturated heterocycles. The second-order valence-corrected chi connectivity index (χ2v) is 17.2. The zero-order valence-corrected chi connectivity index (χ0v) is 42.5. The van der Waals surface area contributed by atoms with Gasteiger partial charge in [0.25, 0.3) is 0 Å². The number of aryl methyl sites for hydroxylation is 11. The van der Waals surface area contributed by atoms with E-state index in [9.17, 15) is 0 Å². The topological polar surface area (TPSA) is 203 Å². The lowest BCUT2D eigenvalue weighted by Gasteiger charge is -1.70. The van der Waals surface area contributed by atoms with Crippen molar-refractivity contribution < 1.29 is 17.8 Å². The van der Waals surface area contributed by atoms with Crippen LogP contribution >= 0.6 is 45.5 Å². The maximum atomic E-state index is 4.83. The van der Waals surface area contributed by atoms with Crippen LogP contribution in [0, 0.1) is 76.2 Å². The lowest BCUT2D eigenvalue weighted by Crippen LogP contribution is -1.65. The van der Waals surface area contributed by atoms with E-state index in [4.69, 9.17) is 13.3 Å². The molecule has 0 aliphatic rings. The van der Waals surface area contributed by atoms with Crippen molar-refractivity contribution >= 4 is 45.5 Å². The number of aromatic nitrogens is 11. The highest BCUT2D eigenvalue weighted by Crippen LogP contribution is 2.04. The predicted molar refractivity (Wildman–Crippen MR) is 269 cm³/mol. The van der Waals surface area contributed by atoms with Crippen LogP contribution in [0.25, 0.3) is 0 Å². The molecule has 19 heteroatoms. The molecule has 0 saturated carbocycles. The third-order valence-electron chi connectivity index (χ3n) is 6.71. The molecule has 11 aromatic heterocycles. The van der Waals surface area contributed by atoms with Crippen LogP contribution < -0.4 is 0 Å². The van der Waals surface area contributed by atoms with E-state index in [0.29, 0.717) is 0 Å². The van der Waals surface area contributed by atoms with Crippen LogP contribution in [-0.4, -0.2) is 54.6 Å². The number of thiazole rings is 2. The number of hydrogen-bond donors (Lipinski definition) is 3. The smallest absolute Gasteiger partial charge is 0.190 e. The first-order valence-corrected chi connectivity index (χ1v) is 23.4. The normalized spacial score (nSPS) is 8.83. The molecule has 11 rings (SSSR count). The number of aromatic amines is 3. The van der Waals surface area contributed by atoms with Gasteiger partial charge in [-0.25, -0.2) is 19.3 Å². The number of H-pyrrole nitrogens is 3. The van der Waals surface area contributed by atoms with Crippen molar-refractivity contribution in [2.75, 3.05) is 0 Å². The Hall–Kier alpha value is -6.80. The quantitative estimate of drug-likeness (QED) is 0.130. The monoisotopic (exact) mass is 971 g/mol.